The number of hydrogen-bond acceptors (Lipinski definition) is 3. The van der Waals surface area contributed by atoms with Gasteiger partial charge < -0.3 is 10.6 Å². The van der Waals surface area contributed by atoms with Crippen LogP contribution in [0, 0.1) is 6.92 Å². The van der Waals surface area contributed by atoms with Crippen LogP contribution >= 0.6 is 11.6 Å². The first-order chi connectivity index (χ1) is 17.1. The number of nitrogens with two attached hydrogens (primary N) is 1. The van der Waals surface area contributed by atoms with E-state index in [1.54, 1.807) is 48.5 Å². The van der Waals surface area contributed by atoms with Gasteiger partial charge in [0.05, 0.1) is 22.5 Å². The van der Waals surface area contributed by atoms with E-state index in [-0.39, 0.29) is 22.7 Å². The fourth-order valence-electron chi connectivity index (χ4n) is 4.26. The molecule has 2 N–H and O–H groups in total. The Balaban J connectivity index is 1.65. The first kappa shape index (κ1) is 25.5. The highest BCUT2D eigenvalue weighted by molar-refractivity contribution is 6.33. The van der Waals surface area contributed by atoms with Crippen molar-refractivity contribution in [1.29, 1.82) is 0 Å². The van der Waals surface area contributed by atoms with E-state index in [1.807, 2.05) is 30.0 Å². The van der Waals surface area contributed by atoms with Gasteiger partial charge in [-0.3, -0.25) is 4.79 Å². The molecular weight excluding hydrogens is 487 g/mol. The summed E-state index contributed by atoms with van der Waals surface area (Å²) in [6.45, 7) is 2.66. The molecule has 0 radical (unpaired) electrons. The molecule has 0 aromatic heterocycles. The van der Waals surface area contributed by atoms with Crippen molar-refractivity contribution in [3.8, 4) is 0 Å². The molecule has 3 aromatic carbocycles. The van der Waals surface area contributed by atoms with Gasteiger partial charge in [-0.05, 0) is 55.7 Å². The van der Waals surface area contributed by atoms with Crippen LogP contribution in [0.25, 0.3) is 0 Å². The number of para-hydroxylation sites is 1. The molecule has 36 heavy (non-hydrogen) atoms. The van der Waals surface area contributed by atoms with Gasteiger partial charge in [0.15, 0.2) is 0 Å². The van der Waals surface area contributed by atoms with Crippen LogP contribution in [-0.2, 0) is 0 Å². The van der Waals surface area contributed by atoms with Gasteiger partial charge in [-0.25, -0.2) is 4.99 Å². The fourth-order valence-corrected chi connectivity index (χ4v) is 4.44. The molecule has 0 bridgehead atoms. The maximum atomic E-state index is 13.3. The molecule has 0 spiro atoms. The molecule has 1 amide bonds. The zero-order valence-electron chi connectivity index (χ0n) is 19.6. The topological polar surface area (TPSA) is 58.7 Å². The minimum atomic E-state index is -4.71. The van der Waals surface area contributed by atoms with E-state index >= 15 is 0 Å². The Kier molecular flexibility index (Phi) is 7.50. The number of likely N-dealkylation sites (tertiary alicyclic amines) is 1. The Morgan fingerprint density at radius 2 is 1.75 bits per heavy atom. The van der Waals surface area contributed by atoms with Gasteiger partial charge in [-0.1, -0.05) is 65.7 Å². The standard InChI is InChI=1S/C28H25ClF3N3O/c1-18-6-4-7-21(16-18)25-10-5-15-35(25)27(36)20-13-11-19(12-14-20)24(17-26(33)28(30,31)32)34-23-9-3-2-8-22(23)29/h2-4,6-9,11-14,16-17,25H,5,10,15,33H2,1H3/b26-17-,34-24?. The molecule has 1 heterocycles. The summed E-state index contributed by atoms with van der Waals surface area (Å²) in [6, 6.07) is 21.0. The highest BCUT2D eigenvalue weighted by atomic mass is 35.5. The van der Waals surface area contributed by atoms with E-state index in [0.29, 0.717) is 23.4 Å². The molecule has 4 nitrogen and oxygen atoms in total. The molecule has 186 valence electrons. The van der Waals surface area contributed by atoms with E-state index in [0.717, 1.165) is 30.0 Å². The summed E-state index contributed by atoms with van der Waals surface area (Å²) in [7, 11) is 0. The lowest BCUT2D eigenvalue weighted by Crippen LogP contribution is -2.30. The first-order valence-corrected chi connectivity index (χ1v) is 11.9. The molecular formula is C28H25ClF3N3O. The van der Waals surface area contributed by atoms with E-state index in [9.17, 15) is 18.0 Å². The van der Waals surface area contributed by atoms with Crippen molar-refractivity contribution in [2.45, 2.75) is 32.0 Å². The van der Waals surface area contributed by atoms with Crippen LogP contribution in [-0.4, -0.2) is 29.2 Å². The Morgan fingerprint density at radius 3 is 2.42 bits per heavy atom. The Bertz CT molecular complexity index is 1320. The van der Waals surface area contributed by atoms with Gasteiger partial charge in [0, 0.05) is 17.7 Å². The number of hydrogen-bond donors (Lipinski definition) is 1. The van der Waals surface area contributed by atoms with Crippen molar-refractivity contribution in [2.24, 2.45) is 10.7 Å². The summed E-state index contributed by atoms with van der Waals surface area (Å²) >= 11 is 6.16. The van der Waals surface area contributed by atoms with E-state index in [1.165, 1.54) is 0 Å². The summed E-state index contributed by atoms with van der Waals surface area (Å²) in [6.07, 6.45) is -2.16. The predicted molar refractivity (Wildman–Crippen MR) is 137 cm³/mol. The number of aliphatic imine (C=N–C) groups is 1. The second-order valence-electron chi connectivity index (χ2n) is 8.69. The van der Waals surface area contributed by atoms with Crippen molar-refractivity contribution in [1.82, 2.24) is 4.90 Å². The average Bonchev–Trinajstić information content (AvgIpc) is 3.34. The number of halogens is 4. The van der Waals surface area contributed by atoms with E-state index in [4.69, 9.17) is 17.3 Å². The number of benzene rings is 3. The highest BCUT2D eigenvalue weighted by Gasteiger charge is 2.32. The molecule has 0 saturated carbocycles. The first-order valence-electron chi connectivity index (χ1n) is 11.5. The van der Waals surface area contributed by atoms with E-state index in [2.05, 4.69) is 11.1 Å². The summed E-state index contributed by atoms with van der Waals surface area (Å²) in [5, 5.41) is 0.289. The molecule has 1 aliphatic heterocycles. The number of carbonyl (C=O) groups is 1. The number of aryl methyl sites for hydroxylation is 1. The largest absolute Gasteiger partial charge is 0.430 e. The summed E-state index contributed by atoms with van der Waals surface area (Å²) in [5.74, 6) is -0.125. The van der Waals surface area contributed by atoms with Crippen molar-refractivity contribution < 1.29 is 18.0 Å². The lowest BCUT2D eigenvalue weighted by molar-refractivity contribution is -0.0925. The van der Waals surface area contributed by atoms with Gasteiger partial charge in [0.25, 0.3) is 5.91 Å². The summed E-state index contributed by atoms with van der Waals surface area (Å²) in [4.78, 5) is 19.5. The van der Waals surface area contributed by atoms with E-state index < -0.39 is 11.9 Å². The third kappa shape index (κ3) is 5.79. The zero-order chi connectivity index (χ0) is 25.9. The van der Waals surface area contributed by atoms with Crippen molar-refractivity contribution in [3.63, 3.8) is 0 Å². The lowest BCUT2D eigenvalue weighted by atomic mass is 10.0. The molecule has 1 atom stereocenters. The summed E-state index contributed by atoms with van der Waals surface area (Å²) in [5.41, 5.74) is 7.33. The zero-order valence-corrected chi connectivity index (χ0v) is 20.4. The predicted octanol–water partition coefficient (Wildman–Crippen LogP) is 7.15. The Labute approximate surface area is 212 Å². The molecule has 3 aromatic rings. The second-order valence-corrected chi connectivity index (χ2v) is 9.10. The monoisotopic (exact) mass is 511 g/mol. The second kappa shape index (κ2) is 10.6. The molecule has 1 unspecified atom stereocenters. The molecule has 1 fully saturated rings. The minimum Gasteiger partial charge on any atom is -0.395 e. The third-order valence-corrected chi connectivity index (χ3v) is 6.40. The molecule has 1 aliphatic rings. The van der Waals surface area contributed by atoms with Crippen molar-refractivity contribution in [3.05, 3.63) is 112 Å². The van der Waals surface area contributed by atoms with Crippen LogP contribution in [0.15, 0.2) is 89.6 Å². The number of amides is 1. The van der Waals surface area contributed by atoms with Crippen LogP contribution in [0.4, 0.5) is 18.9 Å². The maximum absolute atomic E-state index is 13.3. The van der Waals surface area contributed by atoms with Crippen LogP contribution in [0.1, 0.15) is 45.9 Å². The molecule has 8 heteroatoms. The van der Waals surface area contributed by atoms with Gasteiger partial charge in [0.1, 0.15) is 5.70 Å². The third-order valence-electron chi connectivity index (χ3n) is 6.08. The normalized spacial score (nSPS) is 16.9. The smallest absolute Gasteiger partial charge is 0.395 e. The number of carbonyl (C=O) groups excluding carboxylic acids is 1. The van der Waals surface area contributed by atoms with Gasteiger partial charge in [-0.15, -0.1) is 0 Å². The number of rotatable bonds is 5. The fraction of sp³-hybridized carbons (Fsp3) is 0.214. The quantitative estimate of drug-likeness (QED) is 0.370. The van der Waals surface area contributed by atoms with Crippen LogP contribution < -0.4 is 5.73 Å². The molecule has 1 saturated heterocycles. The Morgan fingerprint density at radius 1 is 1.06 bits per heavy atom. The molecule has 4 rings (SSSR count). The van der Waals surface area contributed by atoms with Crippen LogP contribution in [0.5, 0.6) is 0 Å². The average molecular weight is 512 g/mol. The van der Waals surface area contributed by atoms with Gasteiger partial charge in [-0.2, -0.15) is 13.2 Å². The van der Waals surface area contributed by atoms with Crippen LogP contribution in [0.3, 0.4) is 0 Å². The SMILES string of the molecule is Cc1cccc(C2CCCN2C(=O)c2ccc(C(/C=C(\N)C(F)(F)F)=Nc3ccccc3Cl)cc2)c1. The number of alkyl halides is 3. The van der Waals surface area contributed by atoms with Gasteiger partial charge >= 0.3 is 6.18 Å². The Hall–Kier alpha value is -3.58. The summed E-state index contributed by atoms with van der Waals surface area (Å²) < 4.78 is 39.5. The number of allylic oxidation sites excluding steroid dienone is 2. The number of nitrogens with zero attached hydrogens (tertiary/aromatic N) is 2. The van der Waals surface area contributed by atoms with Crippen molar-refractivity contribution >= 4 is 28.9 Å². The van der Waals surface area contributed by atoms with Crippen LogP contribution in [0.2, 0.25) is 5.02 Å². The van der Waals surface area contributed by atoms with Crippen molar-refractivity contribution in [2.75, 3.05) is 6.54 Å². The minimum absolute atomic E-state index is 0.0102. The molecule has 0 aliphatic carbocycles. The maximum Gasteiger partial charge on any atom is 0.430 e. The highest BCUT2D eigenvalue weighted by Crippen LogP contribution is 2.34. The van der Waals surface area contributed by atoms with Gasteiger partial charge in [0.2, 0.25) is 0 Å². The lowest BCUT2D eigenvalue weighted by Gasteiger charge is -2.25.